The van der Waals surface area contributed by atoms with Crippen LogP contribution >= 0.6 is 11.3 Å². The van der Waals surface area contributed by atoms with Gasteiger partial charge in [0.1, 0.15) is 0 Å². The summed E-state index contributed by atoms with van der Waals surface area (Å²) in [6.45, 7) is 3.53. The van der Waals surface area contributed by atoms with Crippen LogP contribution < -0.4 is 9.64 Å². The molecule has 1 fully saturated rings. The molecule has 5 heteroatoms. The van der Waals surface area contributed by atoms with Crippen LogP contribution in [0.15, 0.2) is 6.20 Å². The van der Waals surface area contributed by atoms with Gasteiger partial charge in [0.2, 0.25) is 5.06 Å². The summed E-state index contributed by atoms with van der Waals surface area (Å²) in [4.78, 5) is 17.3. The van der Waals surface area contributed by atoms with Gasteiger partial charge in [-0.3, -0.25) is 4.79 Å². The molecule has 1 aliphatic rings. The fourth-order valence-electron chi connectivity index (χ4n) is 1.67. The van der Waals surface area contributed by atoms with E-state index in [-0.39, 0.29) is 5.97 Å². The summed E-state index contributed by atoms with van der Waals surface area (Å²) in [7, 11) is 0. The molecule has 1 aliphatic heterocycles. The Kier molecular flexibility index (Phi) is 3.20. The Bertz CT molecular complexity index is 345. The maximum Gasteiger partial charge on any atom is 0.308 e. The van der Waals surface area contributed by atoms with Crippen molar-refractivity contribution in [2.75, 3.05) is 18.0 Å². The fourth-order valence-corrected chi connectivity index (χ4v) is 2.53. The molecule has 82 valence electrons. The SMILES string of the molecule is CC(=O)Oc1cnc(N2CCCCC2)s1. The summed E-state index contributed by atoms with van der Waals surface area (Å²) in [5.41, 5.74) is 0. The predicted octanol–water partition coefficient (Wildman–Crippen LogP) is 2.06. The van der Waals surface area contributed by atoms with Crippen molar-refractivity contribution in [3.05, 3.63) is 6.20 Å². The van der Waals surface area contributed by atoms with Crippen LogP contribution in [0.1, 0.15) is 26.2 Å². The average Bonchev–Trinajstić information content (AvgIpc) is 2.67. The van der Waals surface area contributed by atoms with E-state index in [1.165, 1.54) is 37.5 Å². The number of aromatic nitrogens is 1. The third-order valence-electron chi connectivity index (χ3n) is 2.34. The number of carbonyl (C=O) groups excluding carboxylic acids is 1. The molecular formula is C10H14N2O2S. The van der Waals surface area contributed by atoms with E-state index >= 15 is 0 Å². The zero-order chi connectivity index (χ0) is 10.7. The molecule has 0 atom stereocenters. The molecule has 2 heterocycles. The summed E-state index contributed by atoms with van der Waals surface area (Å²) in [6.07, 6.45) is 5.37. The molecule has 0 radical (unpaired) electrons. The van der Waals surface area contributed by atoms with Crippen molar-refractivity contribution in [1.29, 1.82) is 0 Å². The van der Waals surface area contributed by atoms with Gasteiger partial charge in [-0.25, -0.2) is 4.98 Å². The first-order valence-corrected chi connectivity index (χ1v) is 5.96. The highest BCUT2D eigenvalue weighted by molar-refractivity contribution is 7.17. The molecule has 0 saturated carbocycles. The Morgan fingerprint density at radius 2 is 2.20 bits per heavy atom. The van der Waals surface area contributed by atoms with Crippen molar-refractivity contribution in [2.45, 2.75) is 26.2 Å². The highest BCUT2D eigenvalue weighted by atomic mass is 32.1. The van der Waals surface area contributed by atoms with E-state index in [4.69, 9.17) is 4.74 Å². The van der Waals surface area contributed by atoms with Gasteiger partial charge in [0, 0.05) is 20.0 Å². The van der Waals surface area contributed by atoms with Crippen LogP contribution in [-0.2, 0) is 4.79 Å². The van der Waals surface area contributed by atoms with E-state index < -0.39 is 0 Å². The van der Waals surface area contributed by atoms with Gasteiger partial charge < -0.3 is 9.64 Å². The number of rotatable bonds is 2. The minimum Gasteiger partial charge on any atom is -0.414 e. The first kappa shape index (κ1) is 10.4. The number of nitrogens with zero attached hydrogens (tertiary/aromatic N) is 2. The molecule has 1 aromatic rings. The van der Waals surface area contributed by atoms with E-state index in [1.54, 1.807) is 6.20 Å². The molecule has 0 aromatic carbocycles. The zero-order valence-corrected chi connectivity index (χ0v) is 9.55. The van der Waals surface area contributed by atoms with Crippen molar-refractivity contribution < 1.29 is 9.53 Å². The smallest absolute Gasteiger partial charge is 0.308 e. The third-order valence-corrected chi connectivity index (χ3v) is 3.28. The molecule has 0 unspecified atom stereocenters. The first-order chi connectivity index (χ1) is 7.25. The Balaban J connectivity index is 2.02. The van der Waals surface area contributed by atoms with E-state index in [9.17, 15) is 4.79 Å². The monoisotopic (exact) mass is 226 g/mol. The van der Waals surface area contributed by atoms with Crippen LogP contribution in [-0.4, -0.2) is 24.0 Å². The molecule has 1 aromatic heterocycles. The normalized spacial score (nSPS) is 16.5. The summed E-state index contributed by atoms with van der Waals surface area (Å²) in [5.74, 6) is -0.288. The van der Waals surface area contributed by atoms with E-state index in [0.29, 0.717) is 5.06 Å². The minimum atomic E-state index is -0.288. The van der Waals surface area contributed by atoms with Gasteiger partial charge in [-0.15, -0.1) is 0 Å². The average molecular weight is 226 g/mol. The highest BCUT2D eigenvalue weighted by Gasteiger charge is 2.15. The Morgan fingerprint density at radius 3 is 2.87 bits per heavy atom. The van der Waals surface area contributed by atoms with Crippen molar-refractivity contribution in [2.24, 2.45) is 0 Å². The maximum atomic E-state index is 10.7. The van der Waals surface area contributed by atoms with Crippen LogP contribution in [0.4, 0.5) is 5.13 Å². The molecule has 0 N–H and O–H groups in total. The van der Waals surface area contributed by atoms with E-state index in [0.717, 1.165) is 18.2 Å². The van der Waals surface area contributed by atoms with Gasteiger partial charge in [0.25, 0.3) is 0 Å². The predicted molar refractivity (Wildman–Crippen MR) is 59.5 cm³/mol. The zero-order valence-electron chi connectivity index (χ0n) is 8.73. The number of anilines is 1. The quantitative estimate of drug-likeness (QED) is 0.724. The number of carbonyl (C=O) groups is 1. The third kappa shape index (κ3) is 2.68. The van der Waals surface area contributed by atoms with Crippen LogP contribution in [0, 0.1) is 0 Å². The summed E-state index contributed by atoms with van der Waals surface area (Å²) < 4.78 is 4.98. The minimum absolute atomic E-state index is 0.288. The van der Waals surface area contributed by atoms with Crippen molar-refractivity contribution >= 4 is 22.4 Å². The Hall–Kier alpha value is -1.10. The molecule has 0 aliphatic carbocycles. The van der Waals surface area contributed by atoms with Crippen molar-refractivity contribution in [3.63, 3.8) is 0 Å². The number of piperidine rings is 1. The lowest BCUT2D eigenvalue weighted by atomic mass is 10.1. The lowest BCUT2D eigenvalue weighted by Gasteiger charge is -2.25. The van der Waals surface area contributed by atoms with Crippen molar-refractivity contribution in [1.82, 2.24) is 4.98 Å². The van der Waals surface area contributed by atoms with Gasteiger partial charge >= 0.3 is 5.97 Å². The second-order valence-corrected chi connectivity index (χ2v) is 4.57. The van der Waals surface area contributed by atoms with Gasteiger partial charge in [0.05, 0.1) is 6.20 Å². The van der Waals surface area contributed by atoms with Crippen LogP contribution in [0.5, 0.6) is 5.06 Å². The van der Waals surface area contributed by atoms with Gasteiger partial charge in [-0.05, 0) is 19.3 Å². The van der Waals surface area contributed by atoms with Gasteiger partial charge in [-0.1, -0.05) is 11.3 Å². The molecule has 0 amide bonds. The molecular weight excluding hydrogens is 212 g/mol. The molecule has 0 bridgehead atoms. The molecule has 0 spiro atoms. The number of thiazole rings is 1. The summed E-state index contributed by atoms with van der Waals surface area (Å²) in [5, 5.41) is 1.55. The Labute approximate surface area is 92.9 Å². The second kappa shape index (κ2) is 4.61. The molecule has 15 heavy (non-hydrogen) atoms. The van der Waals surface area contributed by atoms with Gasteiger partial charge in [0.15, 0.2) is 5.13 Å². The number of hydrogen-bond acceptors (Lipinski definition) is 5. The van der Waals surface area contributed by atoms with Crippen LogP contribution in [0.2, 0.25) is 0 Å². The molecule has 2 rings (SSSR count). The fraction of sp³-hybridized carbons (Fsp3) is 0.600. The lowest BCUT2D eigenvalue weighted by Crippen LogP contribution is -2.29. The lowest BCUT2D eigenvalue weighted by molar-refractivity contribution is -0.131. The summed E-state index contributed by atoms with van der Waals surface area (Å²) >= 11 is 1.44. The standard InChI is InChI=1S/C10H14N2O2S/c1-8(13)14-9-7-11-10(15-9)12-5-3-2-4-6-12/h7H,2-6H2,1H3. The van der Waals surface area contributed by atoms with E-state index in [1.807, 2.05) is 0 Å². The molecule has 4 nitrogen and oxygen atoms in total. The first-order valence-electron chi connectivity index (χ1n) is 5.15. The van der Waals surface area contributed by atoms with Crippen molar-refractivity contribution in [3.8, 4) is 5.06 Å². The van der Waals surface area contributed by atoms with Crippen LogP contribution in [0.3, 0.4) is 0 Å². The number of esters is 1. The molecule has 1 saturated heterocycles. The van der Waals surface area contributed by atoms with Gasteiger partial charge in [-0.2, -0.15) is 0 Å². The topological polar surface area (TPSA) is 42.4 Å². The van der Waals surface area contributed by atoms with E-state index in [2.05, 4.69) is 9.88 Å². The largest absolute Gasteiger partial charge is 0.414 e. The van der Waals surface area contributed by atoms with Crippen LogP contribution in [0.25, 0.3) is 0 Å². The second-order valence-electron chi connectivity index (χ2n) is 3.60. The number of hydrogen-bond donors (Lipinski definition) is 0. The Morgan fingerprint density at radius 1 is 1.47 bits per heavy atom. The highest BCUT2D eigenvalue weighted by Crippen LogP contribution is 2.30. The number of ether oxygens (including phenoxy) is 1. The maximum absolute atomic E-state index is 10.7. The summed E-state index contributed by atoms with van der Waals surface area (Å²) in [6, 6.07) is 0.